The van der Waals surface area contributed by atoms with Crippen molar-refractivity contribution in [1.82, 2.24) is 19.9 Å². The minimum absolute atomic E-state index is 0.210. The maximum absolute atomic E-state index is 11.3. The summed E-state index contributed by atoms with van der Waals surface area (Å²) in [6.45, 7) is 3.17. The molecule has 3 N–H and O–H groups in total. The second-order valence-corrected chi connectivity index (χ2v) is 6.01. The average Bonchev–Trinajstić information content (AvgIpc) is 3.13. The van der Waals surface area contributed by atoms with Crippen LogP contribution in [0.4, 0.5) is 10.6 Å². The van der Waals surface area contributed by atoms with E-state index in [4.69, 9.17) is 15.5 Å². The smallest absolute Gasteiger partial charge is 0.407 e. The molecule has 0 aliphatic carbocycles. The summed E-state index contributed by atoms with van der Waals surface area (Å²) in [5, 5.41) is 3.71. The van der Waals surface area contributed by atoms with E-state index in [0.29, 0.717) is 18.9 Å². The number of carbonyl (C=O) groups is 1. The van der Waals surface area contributed by atoms with E-state index in [1.54, 1.807) is 0 Å². The minimum Gasteiger partial charge on any atom is -0.442 e. The van der Waals surface area contributed by atoms with Gasteiger partial charge in [-0.3, -0.25) is 0 Å². The zero-order valence-corrected chi connectivity index (χ0v) is 13.5. The number of rotatable bonds is 4. The van der Waals surface area contributed by atoms with Gasteiger partial charge in [-0.05, 0) is 12.5 Å². The molecule has 1 atom stereocenters. The molecule has 0 spiro atoms. The molecule has 124 valence electrons. The number of aryl methyl sites for hydroxylation is 1. The number of anilines is 1. The van der Waals surface area contributed by atoms with Crippen LogP contribution in [-0.2, 0) is 17.7 Å². The summed E-state index contributed by atoms with van der Waals surface area (Å²) < 4.78 is 7.44. The Morgan fingerprint density at radius 1 is 1.38 bits per heavy atom. The van der Waals surface area contributed by atoms with E-state index >= 15 is 0 Å². The molecule has 3 heterocycles. The van der Waals surface area contributed by atoms with Crippen LogP contribution in [0.2, 0.25) is 0 Å². The number of pyridine rings is 1. The number of nitrogens with zero attached hydrogens (tertiary/aromatic N) is 3. The molecule has 0 bridgehead atoms. The Bertz CT molecular complexity index is 934. The van der Waals surface area contributed by atoms with E-state index in [2.05, 4.69) is 21.8 Å². The lowest BCUT2D eigenvalue weighted by Gasteiger charge is -2.14. The zero-order valence-electron chi connectivity index (χ0n) is 13.5. The molecular formula is C17H19N5O2. The van der Waals surface area contributed by atoms with Crippen LogP contribution < -0.4 is 11.1 Å². The Balaban J connectivity index is 1.93. The van der Waals surface area contributed by atoms with Gasteiger partial charge in [0.25, 0.3) is 0 Å². The van der Waals surface area contributed by atoms with Crippen LogP contribution in [-0.4, -0.2) is 33.3 Å². The summed E-state index contributed by atoms with van der Waals surface area (Å²) >= 11 is 0. The molecule has 7 nitrogen and oxygen atoms in total. The molecule has 0 radical (unpaired) electrons. The van der Waals surface area contributed by atoms with Crippen molar-refractivity contribution in [2.24, 2.45) is 0 Å². The van der Waals surface area contributed by atoms with Crippen molar-refractivity contribution in [2.45, 2.75) is 32.4 Å². The number of amides is 1. The fourth-order valence-corrected chi connectivity index (χ4v) is 3.25. The van der Waals surface area contributed by atoms with Gasteiger partial charge in [0.05, 0.1) is 24.1 Å². The number of aromatic nitrogens is 3. The SMILES string of the molecule is CCCc1nc2c(N)nc3ccccc3c2n1CC1CNC(=O)O1. The van der Waals surface area contributed by atoms with Crippen molar-refractivity contribution in [3.63, 3.8) is 0 Å². The molecule has 1 fully saturated rings. The number of nitrogens with one attached hydrogen (secondary N) is 1. The first-order valence-corrected chi connectivity index (χ1v) is 8.15. The highest BCUT2D eigenvalue weighted by atomic mass is 16.6. The third-order valence-electron chi connectivity index (χ3n) is 4.30. The lowest BCUT2D eigenvalue weighted by molar-refractivity contribution is 0.131. The first-order valence-electron chi connectivity index (χ1n) is 8.15. The number of nitrogens with two attached hydrogens (primary N) is 1. The molecule has 7 heteroatoms. The summed E-state index contributed by atoms with van der Waals surface area (Å²) in [5.74, 6) is 1.38. The molecule has 1 aliphatic heterocycles. The fourth-order valence-electron chi connectivity index (χ4n) is 3.25. The second kappa shape index (κ2) is 5.67. The van der Waals surface area contributed by atoms with E-state index in [-0.39, 0.29) is 12.2 Å². The molecule has 24 heavy (non-hydrogen) atoms. The summed E-state index contributed by atoms with van der Waals surface area (Å²) in [5.41, 5.74) is 8.67. The predicted molar refractivity (Wildman–Crippen MR) is 91.7 cm³/mol. The molecule has 4 rings (SSSR count). The molecule has 3 aromatic rings. The molecular weight excluding hydrogens is 306 g/mol. The maximum atomic E-state index is 11.3. The molecule has 1 aromatic carbocycles. The monoisotopic (exact) mass is 325 g/mol. The van der Waals surface area contributed by atoms with Crippen molar-refractivity contribution in [1.29, 1.82) is 0 Å². The van der Waals surface area contributed by atoms with Crippen LogP contribution in [0, 0.1) is 0 Å². The van der Waals surface area contributed by atoms with Gasteiger partial charge >= 0.3 is 6.09 Å². The number of imidazole rings is 1. The average molecular weight is 325 g/mol. The van der Waals surface area contributed by atoms with Crippen molar-refractivity contribution in [2.75, 3.05) is 12.3 Å². The number of nitrogen functional groups attached to an aromatic ring is 1. The van der Waals surface area contributed by atoms with E-state index < -0.39 is 0 Å². The van der Waals surface area contributed by atoms with Gasteiger partial charge in [-0.25, -0.2) is 14.8 Å². The van der Waals surface area contributed by atoms with Crippen molar-refractivity contribution in [3.05, 3.63) is 30.1 Å². The van der Waals surface area contributed by atoms with E-state index in [0.717, 1.165) is 40.6 Å². The minimum atomic E-state index is -0.368. The van der Waals surface area contributed by atoms with Crippen molar-refractivity contribution < 1.29 is 9.53 Å². The van der Waals surface area contributed by atoms with Crippen LogP contribution in [0.25, 0.3) is 21.9 Å². The van der Waals surface area contributed by atoms with E-state index in [9.17, 15) is 4.79 Å². The van der Waals surface area contributed by atoms with Gasteiger partial charge in [0, 0.05) is 11.8 Å². The third kappa shape index (κ3) is 2.33. The summed E-state index contributed by atoms with van der Waals surface area (Å²) in [4.78, 5) is 20.5. The number of hydrogen-bond acceptors (Lipinski definition) is 5. The van der Waals surface area contributed by atoms with Gasteiger partial charge in [-0.1, -0.05) is 25.1 Å². The Hall–Kier alpha value is -2.83. The highest BCUT2D eigenvalue weighted by Gasteiger charge is 2.26. The summed E-state index contributed by atoms with van der Waals surface area (Å²) in [7, 11) is 0. The van der Waals surface area contributed by atoms with Gasteiger partial charge in [-0.15, -0.1) is 0 Å². The van der Waals surface area contributed by atoms with Gasteiger partial charge in [0.2, 0.25) is 0 Å². The normalized spacial score (nSPS) is 17.4. The van der Waals surface area contributed by atoms with Crippen LogP contribution >= 0.6 is 0 Å². The predicted octanol–water partition coefficient (Wildman–Crippen LogP) is 2.23. The van der Waals surface area contributed by atoms with Crippen molar-refractivity contribution in [3.8, 4) is 0 Å². The number of benzene rings is 1. The standard InChI is InChI=1S/C17H19N5O2/c1-2-5-13-21-14-15(22(13)9-10-8-19-17(23)24-10)11-6-3-4-7-12(11)20-16(14)18/h3-4,6-7,10H,2,5,8-9H2,1H3,(H2,18,20)(H,19,23). The van der Waals surface area contributed by atoms with Gasteiger partial charge < -0.3 is 20.4 Å². The Morgan fingerprint density at radius 3 is 2.96 bits per heavy atom. The highest BCUT2D eigenvalue weighted by Crippen LogP contribution is 2.29. The third-order valence-corrected chi connectivity index (χ3v) is 4.30. The van der Waals surface area contributed by atoms with Crippen LogP contribution in [0.15, 0.2) is 24.3 Å². The number of para-hydroxylation sites is 1. The first-order chi connectivity index (χ1) is 11.7. The second-order valence-electron chi connectivity index (χ2n) is 6.01. The molecule has 1 unspecified atom stereocenters. The Kier molecular flexibility index (Phi) is 3.48. The number of alkyl carbamates (subject to hydrolysis) is 1. The van der Waals surface area contributed by atoms with Crippen LogP contribution in [0.1, 0.15) is 19.2 Å². The molecule has 1 amide bonds. The van der Waals surface area contributed by atoms with Crippen LogP contribution in [0.3, 0.4) is 0 Å². The number of ether oxygens (including phenoxy) is 1. The van der Waals surface area contributed by atoms with Gasteiger partial charge in [-0.2, -0.15) is 0 Å². The molecule has 1 aliphatic rings. The quantitative estimate of drug-likeness (QED) is 0.767. The number of fused-ring (bicyclic) bond motifs is 3. The fraction of sp³-hybridized carbons (Fsp3) is 0.353. The van der Waals surface area contributed by atoms with Crippen molar-refractivity contribution >= 4 is 33.8 Å². The largest absolute Gasteiger partial charge is 0.442 e. The van der Waals surface area contributed by atoms with E-state index in [1.165, 1.54) is 0 Å². The van der Waals surface area contributed by atoms with Gasteiger partial charge in [0.1, 0.15) is 17.4 Å². The number of hydrogen-bond donors (Lipinski definition) is 2. The molecule has 1 saturated heterocycles. The summed E-state index contributed by atoms with van der Waals surface area (Å²) in [6, 6.07) is 7.89. The highest BCUT2D eigenvalue weighted by molar-refractivity contribution is 6.06. The van der Waals surface area contributed by atoms with Gasteiger partial charge in [0.15, 0.2) is 5.82 Å². The lowest BCUT2D eigenvalue weighted by Crippen LogP contribution is -2.22. The summed E-state index contributed by atoms with van der Waals surface area (Å²) in [6.07, 6.45) is 1.22. The zero-order chi connectivity index (χ0) is 16.7. The Morgan fingerprint density at radius 2 is 2.21 bits per heavy atom. The number of carbonyl (C=O) groups excluding carboxylic acids is 1. The number of cyclic esters (lactones) is 1. The Labute approximate surface area is 138 Å². The molecule has 0 saturated carbocycles. The maximum Gasteiger partial charge on any atom is 0.407 e. The van der Waals surface area contributed by atoms with E-state index in [1.807, 2.05) is 24.3 Å². The lowest BCUT2D eigenvalue weighted by atomic mass is 10.2. The topological polar surface area (TPSA) is 95.1 Å². The van der Waals surface area contributed by atoms with Crippen LogP contribution in [0.5, 0.6) is 0 Å². The first kappa shape index (κ1) is 14.7. The molecule has 2 aromatic heterocycles.